The minimum absolute atomic E-state index is 0.0353. The zero-order valence-electron chi connectivity index (χ0n) is 10.2. The lowest BCUT2D eigenvalue weighted by Gasteiger charge is -2.12. The summed E-state index contributed by atoms with van der Waals surface area (Å²) in [6.07, 6.45) is 4.16. The molecule has 2 aromatic rings. The first-order valence-corrected chi connectivity index (χ1v) is 6.47. The number of hydrogen-bond donors (Lipinski definition) is 3. The van der Waals surface area contributed by atoms with Crippen molar-refractivity contribution in [1.29, 1.82) is 0 Å². The van der Waals surface area contributed by atoms with E-state index in [4.69, 9.17) is 5.73 Å². The summed E-state index contributed by atoms with van der Waals surface area (Å²) in [6, 6.07) is -0.0353. The fraction of sp³-hybridized carbons (Fsp3) is 0.364. The van der Waals surface area contributed by atoms with Crippen molar-refractivity contribution in [3.05, 3.63) is 32.8 Å². The van der Waals surface area contributed by atoms with E-state index >= 15 is 0 Å². The van der Waals surface area contributed by atoms with E-state index in [1.165, 1.54) is 11.2 Å². The molecule has 0 aliphatic carbocycles. The van der Waals surface area contributed by atoms with Crippen LogP contribution in [0, 0.1) is 0 Å². The first-order chi connectivity index (χ1) is 8.61. The Balaban J connectivity index is 2.18. The molecule has 6 nitrogen and oxygen atoms in total. The molecule has 0 aliphatic rings. The molecule has 4 N–H and O–H groups in total. The third-order valence-electron chi connectivity index (χ3n) is 2.53. The molecule has 2 heterocycles. The van der Waals surface area contributed by atoms with E-state index in [2.05, 4.69) is 27.2 Å². The Hall–Kier alpha value is -1.89. The number of nitrogens with one attached hydrogen (secondary N) is 2. The zero-order chi connectivity index (χ0) is 13.1. The van der Waals surface area contributed by atoms with E-state index in [0.29, 0.717) is 5.82 Å². The molecular formula is C11H15N5OS. The van der Waals surface area contributed by atoms with E-state index in [9.17, 15) is 4.79 Å². The first kappa shape index (κ1) is 12.6. The summed E-state index contributed by atoms with van der Waals surface area (Å²) in [7, 11) is 0. The molecule has 18 heavy (non-hydrogen) atoms. The normalized spacial score (nSPS) is 12.3. The number of rotatable bonds is 4. The predicted octanol–water partition coefficient (Wildman–Crippen LogP) is 1.54. The van der Waals surface area contributed by atoms with Gasteiger partial charge in [0.15, 0.2) is 5.82 Å². The second-order valence-electron chi connectivity index (χ2n) is 3.88. The molecule has 2 aromatic heterocycles. The smallest absolute Gasteiger partial charge is 0.276 e. The van der Waals surface area contributed by atoms with Gasteiger partial charge in [-0.2, -0.15) is 0 Å². The van der Waals surface area contributed by atoms with Gasteiger partial charge in [-0.1, -0.05) is 6.92 Å². The van der Waals surface area contributed by atoms with Crippen molar-refractivity contribution in [3.63, 3.8) is 0 Å². The predicted molar refractivity (Wildman–Crippen MR) is 72.8 cm³/mol. The van der Waals surface area contributed by atoms with E-state index in [-0.39, 0.29) is 17.3 Å². The van der Waals surface area contributed by atoms with Crippen molar-refractivity contribution in [1.82, 2.24) is 15.0 Å². The van der Waals surface area contributed by atoms with Gasteiger partial charge in [-0.05, 0) is 13.3 Å². The van der Waals surface area contributed by atoms with Gasteiger partial charge >= 0.3 is 0 Å². The maximum absolute atomic E-state index is 11.3. The molecule has 0 fully saturated rings. The van der Waals surface area contributed by atoms with Crippen LogP contribution in [0.1, 0.15) is 29.8 Å². The number of nitrogens with zero attached hydrogens (tertiary/aromatic N) is 2. The van der Waals surface area contributed by atoms with E-state index < -0.39 is 0 Å². The number of aromatic nitrogens is 3. The fourth-order valence-corrected chi connectivity index (χ4v) is 2.34. The monoisotopic (exact) mass is 265 g/mol. The highest BCUT2D eigenvalue weighted by molar-refractivity contribution is 7.11. The molecule has 0 saturated heterocycles. The summed E-state index contributed by atoms with van der Waals surface area (Å²) in [4.78, 5) is 23.3. The van der Waals surface area contributed by atoms with Gasteiger partial charge in [-0.15, -0.1) is 11.3 Å². The fourth-order valence-electron chi connectivity index (χ4n) is 1.48. The van der Waals surface area contributed by atoms with Crippen LogP contribution in [0.15, 0.2) is 17.3 Å². The van der Waals surface area contributed by atoms with Crippen LogP contribution in [0.25, 0.3) is 0 Å². The lowest BCUT2D eigenvalue weighted by molar-refractivity contribution is 0.858. The van der Waals surface area contributed by atoms with Crippen LogP contribution < -0.4 is 16.6 Å². The third kappa shape index (κ3) is 2.51. The number of hydrogen-bond acceptors (Lipinski definition) is 6. The van der Waals surface area contributed by atoms with E-state index in [1.807, 2.05) is 13.1 Å². The van der Waals surface area contributed by atoms with Crippen LogP contribution in [0.5, 0.6) is 0 Å². The molecule has 0 bridgehead atoms. The molecule has 1 unspecified atom stereocenters. The number of nitrogens with two attached hydrogens (primary N) is 1. The number of aromatic amines is 1. The number of nitrogen functional groups attached to an aromatic ring is 1. The van der Waals surface area contributed by atoms with Crippen molar-refractivity contribution in [2.75, 3.05) is 11.1 Å². The van der Waals surface area contributed by atoms with Gasteiger partial charge in [-0.3, -0.25) is 4.79 Å². The number of H-pyrrole nitrogens is 1. The SMILES string of the molecule is CCc1cnc(C(C)Nc2nc[nH]c(=O)c2N)s1. The van der Waals surface area contributed by atoms with E-state index in [0.717, 1.165) is 11.4 Å². The third-order valence-corrected chi connectivity index (χ3v) is 3.86. The van der Waals surface area contributed by atoms with Crippen molar-refractivity contribution >= 4 is 22.8 Å². The lowest BCUT2D eigenvalue weighted by Crippen LogP contribution is -2.17. The van der Waals surface area contributed by atoms with Crippen LogP contribution in [-0.2, 0) is 6.42 Å². The second-order valence-corrected chi connectivity index (χ2v) is 5.03. The Morgan fingerprint density at radius 2 is 2.33 bits per heavy atom. The molecule has 96 valence electrons. The molecule has 0 radical (unpaired) electrons. The quantitative estimate of drug-likeness (QED) is 0.779. The van der Waals surface area contributed by atoms with Gasteiger partial charge in [-0.25, -0.2) is 9.97 Å². The average Bonchev–Trinajstić information content (AvgIpc) is 2.83. The van der Waals surface area contributed by atoms with E-state index in [1.54, 1.807) is 11.3 Å². The first-order valence-electron chi connectivity index (χ1n) is 5.66. The minimum atomic E-state index is -0.340. The molecule has 0 saturated carbocycles. The summed E-state index contributed by atoms with van der Waals surface area (Å²) in [5, 5.41) is 4.05. The number of thiazole rings is 1. The Kier molecular flexibility index (Phi) is 3.61. The Morgan fingerprint density at radius 1 is 1.56 bits per heavy atom. The van der Waals surface area contributed by atoms with Crippen LogP contribution in [0.3, 0.4) is 0 Å². The Labute approximate surface area is 108 Å². The van der Waals surface area contributed by atoms with Crippen LogP contribution in [0.2, 0.25) is 0 Å². The molecule has 0 aliphatic heterocycles. The summed E-state index contributed by atoms with van der Waals surface area (Å²) >= 11 is 1.64. The van der Waals surface area contributed by atoms with Gasteiger partial charge < -0.3 is 16.0 Å². The van der Waals surface area contributed by atoms with Crippen LogP contribution in [-0.4, -0.2) is 15.0 Å². The highest BCUT2D eigenvalue weighted by atomic mass is 32.1. The van der Waals surface area contributed by atoms with Crippen molar-refractivity contribution in [2.24, 2.45) is 0 Å². The molecule has 2 rings (SSSR count). The topological polar surface area (TPSA) is 96.7 Å². The van der Waals surface area contributed by atoms with Gasteiger partial charge in [0.25, 0.3) is 5.56 Å². The Morgan fingerprint density at radius 3 is 3.00 bits per heavy atom. The molecule has 0 spiro atoms. The summed E-state index contributed by atoms with van der Waals surface area (Å²) in [6.45, 7) is 4.05. The molecule has 7 heteroatoms. The summed E-state index contributed by atoms with van der Waals surface area (Å²) in [5.41, 5.74) is 5.41. The number of aryl methyl sites for hydroxylation is 1. The van der Waals surface area contributed by atoms with Gasteiger partial charge in [0.05, 0.1) is 12.4 Å². The lowest BCUT2D eigenvalue weighted by atomic mass is 10.3. The molecule has 0 aromatic carbocycles. The van der Waals surface area contributed by atoms with Gasteiger partial charge in [0, 0.05) is 11.1 Å². The number of anilines is 2. The zero-order valence-corrected chi connectivity index (χ0v) is 11.0. The van der Waals surface area contributed by atoms with Crippen molar-refractivity contribution in [3.8, 4) is 0 Å². The summed E-state index contributed by atoms with van der Waals surface area (Å²) < 4.78 is 0. The largest absolute Gasteiger partial charge is 0.391 e. The maximum Gasteiger partial charge on any atom is 0.276 e. The summed E-state index contributed by atoms with van der Waals surface area (Å²) in [5.74, 6) is 0.388. The van der Waals surface area contributed by atoms with Crippen LogP contribution in [0.4, 0.5) is 11.5 Å². The molecule has 0 amide bonds. The van der Waals surface area contributed by atoms with Gasteiger partial charge in [0.1, 0.15) is 10.7 Å². The molecule has 1 atom stereocenters. The van der Waals surface area contributed by atoms with Crippen LogP contribution >= 0.6 is 11.3 Å². The second kappa shape index (κ2) is 5.18. The minimum Gasteiger partial charge on any atom is -0.391 e. The highest BCUT2D eigenvalue weighted by Gasteiger charge is 2.13. The maximum atomic E-state index is 11.3. The highest BCUT2D eigenvalue weighted by Crippen LogP contribution is 2.24. The Bertz CT molecular complexity index is 591. The average molecular weight is 265 g/mol. The molecular weight excluding hydrogens is 250 g/mol. The van der Waals surface area contributed by atoms with Crippen molar-refractivity contribution < 1.29 is 0 Å². The van der Waals surface area contributed by atoms with Gasteiger partial charge in [0.2, 0.25) is 0 Å². The standard InChI is InChI=1S/C11H15N5OS/c1-3-7-4-13-11(18-7)6(2)16-9-8(12)10(17)15-5-14-9/h4-6H,3,12H2,1-2H3,(H2,14,15,16,17). The van der Waals surface area contributed by atoms with Crippen molar-refractivity contribution in [2.45, 2.75) is 26.3 Å².